The predicted octanol–water partition coefficient (Wildman–Crippen LogP) is 4.24. The minimum absolute atomic E-state index is 0.649. The molecule has 0 spiro atoms. The highest BCUT2D eigenvalue weighted by Gasteiger charge is 1.99. The van der Waals surface area contributed by atoms with Gasteiger partial charge in [-0.05, 0) is 19.9 Å². The van der Waals surface area contributed by atoms with Crippen molar-refractivity contribution in [3.63, 3.8) is 0 Å². The van der Waals surface area contributed by atoms with Gasteiger partial charge in [0, 0.05) is 5.57 Å². The number of rotatable bonds is 3. The molecule has 0 aliphatic carbocycles. The highest BCUT2D eigenvalue weighted by molar-refractivity contribution is 5.69. The van der Waals surface area contributed by atoms with Gasteiger partial charge in [0.2, 0.25) is 5.89 Å². The molecule has 1 heterocycles. The first-order valence-electron chi connectivity index (χ1n) is 5.24. The average molecular weight is 205 g/mol. The Bertz CT molecular complexity index is 318. The lowest BCUT2D eigenvalue weighted by molar-refractivity contribution is 0.543. The van der Waals surface area contributed by atoms with Crippen molar-refractivity contribution in [2.24, 2.45) is 0 Å². The molecule has 0 fully saturated rings. The van der Waals surface area contributed by atoms with Crippen molar-refractivity contribution in [2.45, 2.75) is 27.7 Å². The SMILES string of the molecule is CC.C\C=C/C=C(\C=C/C)c1ncco1. The lowest BCUT2D eigenvalue weighted by atomic mass is 10.2. The molecule has 1 aromatic heterocycles. The summed E-state index contributed by atoms with van der Waals surface area (Å²) in [5.74, 6) is 0.649. The summed E-state index contributed by atoms with van der Waals surface area (Å²) in [5, 5.41) is 0. The van der Waals surface area contributed by atoms with Crippen LogP contribution in [0.1, 0.15) is 33.6 Å². The van der Waals surface area contributed by atoms with Gasteiger partial charge in [-0.15, -0.1) is 0 Å². The van der Waals surface area contributed by atoms with Crippen molar-refractivity contribution in [1.82, 2.24) is 4.98 Å². The number of allylic oxidation sites excluding steroid dienone is 6. The van der Waals surface area contributed by atoms with E-state index in [0.29, 0.717) is 5.89 Å². The number of hydrogen-bond donors (Lipinski definition) is 0. The molecule has 0 aliphatic rings. The number of nitrogens with zero attached hydrogens (tertiary/aromatic N) is 1. The molecule has 0 saturated heterocycles. The second-order valence-corrected chi connectivity index (χ2v) is 2.49. The minimum Gasteiger partial charge on any atom is -0.445 e. The second kappa shape index (κ2) is 9.00. The first-order chi connectivity index (χ1) is 7.38. The third-order valence-electron chi connectivity index (χ3n) is 1.49. The molecule has 0 unspecified atom stereocenters. The summed E-state index contributed by atoms with van der Waals surface area (Å²) in [5.41, 5.74) is 0.977. The van der Waals surface area contributed by atoms with Gasteiger partial charge in [0.05, 0.1) is 6.20 Å². The van der Waals surface area contributed by atoms with Gasteiger partial charge in [0.25, 0.3) is 0 Å². The van der Waals surface area contributed by atoms with E-state index in [1.165, 1.54) is 0 Å². The molecule has 82 valence electrons. The van der Waals surface area contributed by atoms with Crippen molar-refractivity contribution >= 4 is 5.57 Å². The van der Waals surface area contributed by atoms with Crippen molar-refractivity contribution in [1.29, 1.82) is 0 Å². The van der Waals surface area contributed by atoms with Gasteiger partial charge in [0.1, 0.15) is 6.26 Å². The molecule has 15 heavy (non-hydrogen) atoms. The van der Waals surface area contributed by atoms with Crippen LogP contribution in [0.25, 0.3) is 5.57 Å². The van der Waals surface area contributed by atoms with Crippen LogP contribution >= 0.6 is 0 Å². The van der Waals surface area contributed by atoms with Crippen LogP contribution in [-0.4, -0.2) is 4.98 Å². The Morgan fingerprint density at radius 2 is 2.00 bits per heavy atom. The molecule has 0 saturated carbocycles. The van der Waals surface area contributed by atoms with Gasteiger partial charge in [-0.1, -0.05) is 38.2 Å². The summed E-state index contributed by atoms with van der Waals surface area (Å²) < 4.78 is 5.18. The van der Waals surface area contributed by atoms with Crippen LogP contribution in [0.3, 0.4) is 0 Å². The summed E-state index contributed by atoms with van der Waals surface area (Å²) in [6.07, 6.45) is 13.0. The quantitative estimate of drug-likeness (QED) is 0.690. The van der Waals surface area contributed by atoms with E-state index < -0.39 is 0 Å². The van der Waals surface area contributed by atoms with Gasteiger partial charge in [-0.25, -0.2) is 4.98 Å². The minimum atomic E-state index is 0.649. The third-order valence-corrected chi connectivity index (χ3v) is 1.49. The number of oxazole rings is 1. The standard InChI is InChI=1S/C11H13NO.C2H6/c1-3-5-7-10(6-4-2)11-12-8-9-13-11;1-2/h3-9H,1-2H3;1-2H3/b5-3-,6-4-,10-7+;. The van der Waals surface area contributed by atoms with E-state index in [9.17, 15) is 0 Å². The Labute approximate surface area is 92.0 Å². The van der Waals surface area contributed by atoms with E-state index in [-0.39, 0.29) is 0 Å². The maximum absolute atomic E-state index is 5.18. The number of hydrogen-bond acceptors (Lipinski definition) is 2. The first-order valence-corrected chi connectivity index (χ1v) is 5.24. The largest absolute Gasteiger partial charge is 0.445 e. The fraction of sp³-hybridized carbons (Fsp3) is 0.308. The van der Waals surface area contributed by atoms with Crippen LogP contribution in [0.5, 0.6) is 0 Å². The normalized spacial score (nSPS) is 11.9. The van der Waals surface area contributed by atoms with Gasteiger partial charge < -0.3 is 4.42 Å². The molecule has 0 N–H and O–H groups in total. The van der Waals surface area contributed by atoms with Crippen LogP contribution in [0, 0.1) is 0 Å². The molecule has 1 rings (SSSR count). The van der Waals surface area contributed by atoms with Crippen LogP contribution in [0.2, 0.25) is 0 Å². The molecule has 0 aliphatic heterocycles. The Morgan fingerprint density at radius 1 is 1.27 bits per heavy atom. The molecule has 2 nitrogen and oxygen atoms in total. The zero-order chi connectivity index (χ0) is 11.5. The molecule has 0 aromatic carbocycles. The predicted molar refractivity (Wildman–Crippen MR) is 65.5 cm³/mol. The van der Waals surface area contributed by atoms with E-state index in [1.807, 2.05) is 58.1 Å². The molecule has 0 bridgehead atoms. The van der Waals surface area contributed by atoms with Crippen molar-refractivity contribution < 1.29 is 4.42 Å². The van der Waals surface area contributed by atoms with E-state index in [1.54, 1.807) is 12.5 Å². The molecule has 1 aromatic rings. The Kier molecular flexibility index (Phi) is 8.06. The Morgan fingerprint density at radius 3 is 2.47 bits per heavy atom. The van der Waals surface area contributed by atoms with Crippen LogP contribution in [0.4, 0.5) is 0 Å². The van der Waals surface area contributed by atoms with Crippen LogP contribution < -0.4 is 0 Å². The summed E-state index contributed by atoms with van der Waals surface area (Å²) in [6, 6.07) is 0. The van der Waals surface area contributed by atoms with Crippen LogP contribution in [0.15, 0.2) is 47.3 Å². The monoisotopic (exact) mass is 205 g/mol. The molecule has 0 atom stereocenters. The maximum atomic E-state index is 5.18. The first kappa shape index (κ1) is 13.4. The second-order valence-electron chi connectivity index (χ2n) is 2.49. The van der Waals surface area contributed by atoms with Crippen molar-refractivity contribution in [3.05, 3.63) is 48.7 Å². The summed E-state index contributed by atoms with van der Waals surface area (Å²) in [7, 11) is 0. The van der Waals surface area contributed by atoms with E-state index in [4.69, 9.17) is 4.42 Å². The zero-order valence-corrected chi connectivity index (χ0v) is 9.90. The Balaban J connectivity index is 0.000000921. The maximum Gasteiger partial charge on any atom is 0.225 e. The summed E-state index contributed by atoms with van der Waals surface area (Å²) in [6.45, 7) is 7.94. The zero-order valence-electron chi connectivity index (χ0n) is 9.90. The molecule has 0 radical (unpaired) electrons. The van der Waals surface area contributed by atoms with Crippen molar-refractivity contribution in [3.8, 4) is 0 Å². The molecular weight excluding hydrogens is 186 g/mol. The van der Waals surface area contributed by atoms with Gasteiger partial charge in [-0.2, -0.15) is 0 Å². The summed E-state index contributed by atoms with van der Waals surface area (Å²) in [4.78, 5) is 4.07. The molecule has 0 amide bonds. The van der Waals surface area contributed by atoms with Gasteiger partial charge in [0.15, 0.2) is 0 Å². The smallest absolute Gasteiger partial charge is 0.225 e. The van der Waals surface area contributed by atoms with Crippen LogP contribution in [-0.2, 0) is 0 Å². The Hall–Kier alpha value is -1.57. The van der Waals surface area contributed by atoms with E-state index in [0.717, 1.165) is 5.57 Å². The van der Waals surface area contributed by atoms with E-state index in [2.05, 4.69) is 4.98 Å². The molecule has 2 heteroatoms. The topological polar surface area (TPSA) is 26.0 Å². The lowest BCUT2D eigenvalue weighted by Gasteiger charge is -1.92. The average Bonchev–Trinajstić information content (AvgIpc) is 2.80. The number of aromatic nitrogens is 1. The third kappa shape index (κ3) is 5.01. The lowest BCUT2D eigenvalue weighted by Crippen LogP contribution is -1.78. The highest BCUT2D eigenvalue weighted by atomic mass is 16.3. The fourth-order valence-corrected chi connectivity index (χ4v) is 0.944. The van der Waals surface area contributed by atoms with E-state index >= 15 is 0 Å². The molecular formula is C13H19NO. The van der Waals surface area contributed by atoms with Crippen molar-refractivity contribution in [2.75, 3.05) is 0 Å². The summed E-state index contributed by atoms with van der Waals surface area (Å²) >= 11 is 0. The highest BCUT2D eigenvalue weighted by Crippen LogP contribution is 2.13. The van der Waals surface area contributed by atoms with Gasteiger partial charge in [-0.3, -0.25) is 0 Å². The fourth-order valence-electron chi connectivity index (χ4n) is 0.944. The van der Waals surface area contributed by atoms with Gasteiger partial charge >= 0.3 is 0 Å².